The summed E-state index contributed by atoms with van der Waals surface area (Å²) in [5.74, 6) is 3.42. The number of aliphatic imine (C=N–C) groups is 1. The fourth-order valence-corrected chi connectivity index (χ4v) is 5.81. The van der Waals surface area contributed by atoms with Crippen molar-refractivity contribution in [3.8, 4) is 0 Å². The van der Waals surface area contributed by atoms with E-state index in [1.54, 1.807) is 5.71 Å². The lowest BCUT2D eigenvalue weighted by Crippen LogP contribution is -2.56. The zero-order chi connectivity index (χ0) is 13.8. The third-order valence-electron chi connectivity index (χ3n) is 6.86. The third kappa shape index (κ3) is 1.91. The molecule has 3 fully saturated rings. The van der Waals surface area contributed by atoms with E-state index in [2.05, 4.69) is 29.2 Å². The molecule has 0 N–H and O–H groups in total. The minimum Gasteiger partial charge on any atom is -0.295 e. The highest BCUT2D eigenvalue weighted by atomic mass is 15.2. The number of fused-ring (bicyclic) bond motifs is 6. The van der Waals surface area contributed by atoms with Crippen molar-refractivity contribution in [1.82, 2.24) is 4.90 Å². The van der Waals surface area contributed by atoms with E-state index >= 15 is 0 Å². The normalized spacial score (nSPS) is 48.1. The average Bonchev–Trinajstić information content (AvgIpc) is 2.92. The Balaban J connectivity index is 1.43. The van der Waals surface area contributed by atoms with Crippen molar-refractivity contribution in [2.75, 3.05) is 13.1 Å². The summed E-state index contributed by atoms with van der Waals surface area (Å²) >= 11 is 0. The molecule has 0 amide bonds. The van der Waals surface area contributed by atoms with E-state index < -0.39 is 0 Å². The zero-order valence-corrected chi connectivity index (χ0v) is 12.8. The van der Waals surface area contributed by atoms with Gasteiger partial charge in [0.25, 0.3) is 0 Å². The number of allylic oxidation sites excluding steroid dienone is 2. The predicted octanol–water partition coefficient (Wildman–Crippen LogP) is 3.45. The molecule has 0 aromatic rings. The molecule has 2 aliphatic carbocycles. The molecule has 5 aliphatic rings. The quantitative estimate of drug-likeness (QED) is 0.664. The smallest absolute Gasteiger partial charge is 0.0752 e. The lowest BCUT2D eigenvalue weighted by molar-refractivity contribution is 0.0506. The van der Waals surface area contributed by atoms with Crippen LogP contribution in [0.25, 0.3) is 0 Å². The van der Waals surface area contributed by atoms with Crippen LogP contribution in [0.3, 0.4) is 0 Å². The molecule has 6 unspecified atom stereocenters. The van der Waals surface area contributed by atoms with Crippen LogP contribution in [0.1, 0.15) is 38.5 Å². The van der Waals surface area contributed by atoms with Gasteiger partial charge in [-0.2, -0.15) is 0 Å². The van der Waals surface area contributed by atoms with Gasteiger partial charge in [0, 0.05) is 30.1 Å². The van der Waals surface area contributed by atoms with E-state index in [1.807, 2.05) is 0 Å². The van der Waals surface area contributed by atoms with Crippen LogP contribution in [0.5, 0.6) is 0 Å². The highest BCUT2D eigenvalue weighted by Gasteiger charge is 2.48. The summed E-state index contributed by atoms with van der Waals surface area (Å²) in [5, 5.41) is 0. The van der Waals surface area contributed by atoms with Crippen molar-refractivity contribution in [2.45, 2.75) is 50.6 Å². The van der Waals surface area contributed by atoms with Crippen molar-refractivity contribution in [3.63, 3.8) is 0 Å². The molecule has 2 saturated heterocycles. The molecule has 2 heteroatoms. The highest BCUT2D eigenvalue weighted by molar-refractivity contribution is 5.95. The second-order valence-corrected chi connectivity index (χ2v) is 7.84. The maximum absolute atomic E-state index is 5.19. The minimum absolute atomic E-state index is 0.457. The van der Waals surface area contributed by atoms with Gasteiger partial charge in [-0.1, -0.05) is 43.6 Å². The SMILES string of the molecule is C1=CC2N=C3C(CCN4CC5CCCCC5CC34)C2C=C1. The number of nitrogens with zero attached hydrogens (tertiary/aromatic N) is 2. The molecule has 0 radical (unpaired) electrons. The van der Waals surface area contributed by atoms with Gasteiger partial charge < -0.3 is 0 Å². The van der Waals surface area contributed by atoms with E-state index in [0.29, 0.717) is 18.0 Å². The zero-order valence-electron chi connectivity index (χ0n) is 12.8. The first-order chi connectivity index (χ1) is 10.4. The molecule has 5 rings (SSSR count). The van der Waals surface area contributed by atoms with Gasteiger partial charge in [0.05, 0.1) is 6.04 Å². The van der Waals surface area contributed by atoms with Crippen molar-refractivity contribution in [1.29, 1.82) is 0 Å². The minimum atomic E-state index is 0.457. The topological polar surface area (TPSA) is 15.6 Å². The molecule has 6 atom stereocenters. The Morgan fingerprint density at radius 2 is 1.86 bits per heavy atom. The molecular weight excluding hydrogens is 256 g/mol. The van der Waals surface area contributed by atoms with Gasteiger partial charge in [0.15, 0.2) is 0 Å². The molecular formula is C19H26N2. The van der Waals surface area contributed by atoms with Gasteiger partial charge in [0.2, 0.25) is 0 Å². The lowest BCUT2D eigenvalue weighted by Gasteiger charge is -2.50. The molecule has 0 aromatic heterocycles. The standard InChI is InChI=1S/C19H26N2/c1-2-6-14-12-21-10-9-16-15-7-3-4-8-17(15)20-19(16)18(21)11-13(14)5-1/h3-4,7-8,13-18H,1-2,5-6,9-12H2. The van der Waals surface area contributed by atoms with Crippen molar-refractivity contribution >= 4 is 5.71 Å². The monoisotopic (exact) mass is 282 g/mol. The molecule has 2 nitrogen and oxygen atoms in total. The number of piperidine rings is 2. The van der Waals surface area contributed by atoms with Gasteiger partial charge in [-0.25, -0.2) is 0 Å². The van der Waals surface area contributed by atoms with Gasteiger partial charge >= 0.3 is 0 Å². The second kappa shape index (κ2) is 4.81. The first kappa shape index (κ1) is 12.6. The van der Waals surface area contributed by atoms with E-state index in [9.17, 15) is 0 Å². The fourth-order valence-electron chi connectivity index (χ4n) is 5.81. The highest BCUT2D eigenvalue weighted by Crippen LogP contribution is 2.45. The van der Waals surface area contributed by atoms with Gasteiger partial charge in [0.1, 0.15) is 0 Å². The van der Waals surface area contributed by atoms with Crippen molar-refractivity contribution in [3.05, 3.63) is 24.3 Å². The largest absolute Gasteiger partial charge is 0.295 e. The maximum Gasteiger partial charge on any atom is 0.0752 e. The Labute approximate surface area is 128 Å². The van der Waals surface area contributed by atoms with Crippen LogP contribution in [0.15, 0.2) is 29.3 Å². The summed E-state index contributed by atoms with van der Waals surface area (Å²) in [6.07, 6.45) is 17.9. The summed E-state index contributed by atoms with van der Waals surface area (Å²) in [7, 11) is 0. The van der Waals surface area contributed by atoms with E-state index in [4.69, 9.17) is 4.99 Å². The van der Waals surface area contributed by atoms with Crippen LogP contribution >= 0.6 is 0 Å². The molecule has 112 valence electrons. The van der Waals surface area contributed by atoms with Crippen LogP contribution in [0.2, 0.25) is 0 Å². The van der Waals surface area contributed by atoms with Gasteiger partial charge in [-0.15, -0.1) is 0 Å². The second-order valence-electron chi connectivity index (χ2n) is 7.84. The molecule has 0 spiro atoms. The Bertz CT molecular complexity index is 518. The Morgan fingerprint density at radius 1 is 1.00 bits per heavy atom. The molecule has 3 heterocycles. The summed E-state index contributed by atoms with van der Waals surface area (Å²) < 4.78 is 0. The Morgan fingerprint density at radius 3 is 2.81 bits per heavy atom. The molecule has 3 aliphatic heterocycles. The maximum atomic E-state index is 5.19. The van der Waals surface area contributed by atoms with Crippen LogP contribution in [0.4, 0.5) is 0 Å². The van der Waals surface area contributed by atoms with Gasteiger partial charge in [-0.05, 0) is 37.6 Å². The van der Waals surface area contributed by atoms with Crippen LogP contribution in [0, 0.1) is 23.7 Å². The molecule has 21 heavy (non-hydrogen) atoms. The molecule has 0 aromatic carbocycles. The van der Waals surface area contributed by atoms with Gasteiger partial charge in [-0.3, -0.25) is 9.89 Å². The number of hydrogen-bond acceptors (Lipinski definition) is 2. The summed E-state index contributed by atoms with van der Waals surface area (Å²) in [5.41, 5.74) is 1.58. The predicted molar refractivity (Wildman–Crippen MR) is 86.5 cm³/mol. The van der Waals surface area contributed by atoms with E-state index in [0.717, 1.165) is 17.8 Å². The Hall–Kier alpha value is -0.890. The van der Waals surface area contributed by atoms with Crippen molar-refractivity contribution < 1.29 is 0 Å². The molecule has 1 saturated carbocycles. The summed E-state index contributed by atoms with van der Waals surface area (Å²) in [6, 6.07) is 1.15. The fraction of sp³-hybridized carbons (Fsp3) is 0.737. The lowest BCUT2D eigenvalue weighted by atomic mass is 9.68. The van der Waals surface area contributed by atoms with Crippen LogP contribution in [-0.2, 0) is 0 Å². The van der Waals surface area contributed by atoms with Crippen LogP contribution < -0.4 is 0 Å². The average molecular weight is 282 g/mol. The van der Waals surface area contributed by atoms with Crippen LogP contribution in [-0.4, -0.2) is 35.8 Å². The summed E-state index contributed by atoms with van der Waals surface area (Å²) in [6.45, 7) is 2.68. The van der Waals surface area contributed by atoms with E-state index in [-0.39, 0.29) is 0 Å². The van der Waals surface area contributed by atoms with Crippen molar-refractivity contribution in [2.24, 2.45) is 28.7 Å². The number of hydrogen-bond donors (Lipinski definition) is 0. The van der Waals surface area contributed by atoms with E-state index in [1.165, 1.54) is 51.6 Å². The summed E-state index contributed by atoms with van der Waals surface area (Å²) in [4.78, 5) is 7.99. The first-order valence-electron chi connectivity index (χ1n) is 9.07. The first-order valence-corrected chi connectivity index (χ1v) is 9.07. The molecule has 0 bridgehead atoms. The number of rotatable bonds is 0. The third-order valence-corrected chi connectivity index (χ3v) is 6.86. The Kier molecular flexibility index (Phi) is 2.89.